The van der Waals surface area contributed by atoms with E-state index in [1.54, 1.807) is 18.0 Å². The number of carbonyl (C=O) groups excluding carboxylic acids is 3. The van der Waals surface area contributed by atoms with Gasteiger partial charge >= 0.3 is 0 Å². The third kappa shape index (κ3) is 5.67. The molecular formula is C24H35FN6O3. The number of hydrogen-bond donors (Lipinski definition) is 2. The highest BCUT2D eigenvalue weighted by Gasteiger charge is 2.30. The maximum absolute atomic E-state index is 15.0. The van der Waals surface area contributed by atoms with Crippen molar-refractivity contribution < 1.29 is 18.8 Å². The summed E-state index contributed by atoms with van der Waals surface area (Å²) in [6, 6.07) is 4.75. The normalized spacial score (nSPS) is 22.6. The lowest BCUT2D eigenvalue weighted by Gasteiger charge is -2.37. The molecule has 4 rings (SSSR count). The van der Waals surface area contributed by atoms with Crippen LogP contribution in [0.3, 0.4) is 0 Å². The van der Waals surface area contributed by atoms with Gasteiger partial charge < -0.3 is 20.4 Å². The van der Waals surface area contributed by atoms with Crippen molar-refractivity contribution in [1.29, 1.82) is 0 Å². The van der Waals surface area contributed by atoms with Crippen LogP contribution in [0, 0.1) is 5.82 Å². The molecule has 3 aliphatic rings. The monoisotopic (exact) mass is 474 g/mol. The van der Waals surface area contributed by atoms with E-state index in [4.69, 9.17) is 5.73 Å². The number of imide groups is 1. The predicted molar refractivity (Wildman–Crippen MR) is 128 cm³/mol. The fourth-order valence-electron chi connectivity index (χ4n) is 4.98. The number of nitrogens with zero attached hydrogens (tertiary/aromatic N) is 4. The minimum absolute atomic E-state index is 0.191. The van der Waals surface area contributed by atoms with Gasteiger partial charge in [-0.2, -0.15) is 0 Å². The number of benzene rings is 1. The van der Waals surface area contributed by atoms with E-state index in [2.05, 4.69) is 10.2 Å². The van der Waals surface area contributed by atoms with Crippen molar-refractivity contribution >= 4 is 29.1 Å². The summed E-state index contributed by atoms with van der Waals surface area (Å²) in [6.45, 7) is 5.14. The molecule has 0 spiro atoms. The van der Waals surface area contributed by atoms with Crippen molar-refractivity contribution in [1.82, 2.24) is 15.1 Å². The van der Waals surface area contributed by atoms with Crippen molar-refractivity contribution in [3.05, 3.63) is 24.0 Å². The van der Waals surface area contributed by atoms with Gasteiger partial charge in [0.25, 0.3) is 0 Å². The second kappa shape index (κ2) is 10.7. The molecule has 3 N–H and O–H groups in total. The second-order valence-electron chi connectivity index (χ2n) is 9.51. The molecule has 3 aliphatic heterocycles. The van der Waals surface area contributed by atoms with Gasteiger partial charge in [0.05, 0.1) is 5.69 Å². The number of halogens is 1. The SMILES string of the molecule is CN(c1ccc(N2CCN(CCC(=O)N3CCC(N)CC3)CC2)c(F)c1)C1CCC(=O)NC1=O. The first-order valence-electron chi connectivity index (χ1n) is 12.2. The van der Waals surface area contributed by atoms with Gasteiger partial charge in [0.2, 0.25) is 17.7 Å². The molecule has 186 valence electrons. The van der Waals surface area contributed by atoms with Crippen molar-refractivity contribution in [3.8, 4) is 0 Å². The molecule has 1 aromatic rings. The minimum Gasteiger partial charge on any atom is -0.367 e. The second-order valence-corrected chi connectivity index (χ2v) is 9.51. The van der Waals surface area contributed by atoms with Crippen molar-refractivity contribution in [2.24, 2.45) is 5.73 Å². The fraction of sp³-hybridized carbons (Fsp3) is 0.625. The number of piperidine rings is 2. The summed E-state index contributed by atoms with van der Waals surface area (Å²) in [6.07, 6.45) is 2.95. The van der Waals surface area contributed by atoms with E-state index in [1.165, 1.54) is 6.07 Å². The molecule has 0 aromatic heterocycles. The van der Waals surface area contributed by atoms with E-state index in [0.717, 1.165) is 39.0 Å². The zero-order valence-electron chi connectivity index (χ0n) is 19.8. The van der Waals surface area contributed by atoms with E-state index >= 15 is 4.39 Å². The molecule has 34 heavy (non-hydrogen) atoms. The lowest BCUT2D eigenvalue weighted by molar-refractivity contribution is -0.134. The van der Waals surface area contributed by atoms with E-state index in [1.807, 2.05) is 15.9 Å². The van der Waals surface area contributed by atoms with Crippen LogP contribution in [0.4, 0.5) is 15.8 Å². The number of piperazine rings is 1. The summed E-state index contributed by atoms with van der Waals surface area (Å²) in [7, 11) is 1.74. The van der Waals surface area contributed by atoms with Crippen LogP contribution in [0.15, 0.2) is 18.2 Å². The molecule has 0 bridgehead atoms. The molecule has 0 radical (unpaired) electrons. The molecule has 3 saturated heterocycles. The number of amides is 3. The Morgan fingerprint density at radius 1 is 1.12 bits per heavy atom. The molecule has 0 saturated carbocycles. The topological polar surface area (TPSA) is 102 Å². The van der Waals surface area contributed by atoms with Crippen LogP contribution in [0.2, 0.25) is 0 Å². The molecule has 1 unspecified atom stereocenters. The maximum Gasteiger partial charge on any atom is 0.249 e. The Bertz CT molecular complexity index is 912. The Balaban J connectivity index is 1.26. The summed E-state index contributed by atoms with van der Waals surface area (Å²) in [5.41, 5.74) is 7.07. The van der Waals surface area contributed by atoms with Crippen LogP contribution in [0.5, 0.6) is 0 Å². The molecule has 1 atom stereocenters. The standard InChI is InChI=1S/C24H35FN6O3/c1-28(21-4-5-22(32)27-24(21)34)18-2-3-20(19(25)16-18)30-14-12-29(13-15-30)9-8-23(33)31-10-6-17(26)7-11-31/h2-3,16-17,21H,4-15,26H2,1H3,(H,27,32,34). The van der Waals surface area contributed by atoms with Crippen molar-refractivity contribution in [2.45, 2.75) is 44.2 Å². The molecule has 3 fully saturated rings. The fourth-order valence-corrected chi connectivity index (χ4v) is 4.98. The molecular weight excluding hydrogens is 439 g/mol. The Morgan fingerprint density at radius 3 is 2.47 bits per heavy atom. The summed E-state index contributed by atoms with van der Waals surface area (Å²) in [5.74, 6) is -0.753. The highest BCUT2D eigenvalue weighted by molar-refractivity contribution is 6.01. The lowest BCUT2D eigenvalue weighted by atomic mass is 10.0. The van der Waals surface area contributed by atoms with Gasteiger partial charge in [0.1, 0.15) is 11.9 Å². The van der Waals surface area contributed by atoms with Gasteiger partial charge in [0.15, 0.2) is 0 Å². The predicted octanol–water partition coefficient (Wildman–Crippen LogP) is 0.529. The molecule has 1 aromatic carbocycles. The van der Waals surface area contributed by atoms with E-state index in [-0.39, 0.29) is 36.0 Å². The highest BCUT2D eigenvalue weighted by Crippen LogP contribution is 2.27. The summed E-state index contributed by atoms with van der Waals surface area (Å²) < 4.78 is 15.0. The first-order chi connectivity index (χ1) is 16.3. The van der Waals surface area contributed by atoms with Gasteiger partial charge in [-0.25, -0.2) is 4.39 Å². The average Bonchev–Trinajstić information content (AvgIpc) is 2.83. The lowest BCUT2D eigenvalue weighted by Crippen LogP contribution is -2.51. The Hall–Kier alpha value is -2.72. The highest BCUT2D eigenvalue weighted by atomic mass is 19.1. The van der Waals surface area contributed by atoms with Crippen LogP contribution in [-0.4, -0.2) is 92.5 Å². The Morgan fingerprint density at radius 2 is 1.82 bits per heavy atom. The number of rotatable bonds is 6. The molecule has 9 nitrogen and oxygen atoms in total. The first kappa shape index (κ1) is 24.4. The molecule has 10 heteroatoms. The Kier molecular flexibility index (Phi) is 7.67. The molecule has 0 aliphatic carbocycles. The van der Waals surface area contributed by atoms with Gasteiger partial charge in [-0.15, -0.1) is 0 Å². The zero-order chi connectivity index (χ0) is 24.2. The minimum atomic E-state index is -0.490. The number of nitrogens with one attached hydrogen (secondary N) is 1. The van der Waals surface area contributed by atoms with Crippen LogP contribution in [0.25, 0.3) is 0 Å². The first-order valence-corrected chi connectivity index (χ1v) is 12.2. The number of carbonyl (C=O) groups is 3. The Labute approximate surface area is 200 Å². The summed E-state index contributed by atoms with van der Waals surface area (Å²) in [4.78, 5) is 43.9. The van der Waals surface area contributed by atoms with Crippen LogP contribution in [0.1, 0.15) is 32.1 Å². The van der Waals surface area contributed by atoms with Gasteiger partial charge in [-0.05, 0) is 37.5 Å². The van der Waals surface area contributed by atoms with Crippen LogP contribution in [-0.2, 0) is 14.4 Å². The number of nitrogens with two attached hydrogens (primary N) is 1. The average molecular weight is 475 g/mol. The smallest absolute Gasteiger partial charge is 0.249 e. The quantitative estimate of drug-likeness (QED) is 0.580. The maximum atomic E-state index is 15.0. The largest absolute Gasteiger partial charge is 0.367 e. The van der Waals surface area contributed by atoms with E-state index in [0.29, 0.717) is 43.9 Å². The van der Waals surface area contributed by atoms with Crippen molar-refractivity contribution in [3.63, 3.8) is 0 Å². The number of anilines is 2. The van der Waals surface area contributed by atoms with Crippen LogP contribution >= 0.6 is 0 Å². The van der Waals surface area contributed by atoms with E-state index < -0.39 is 6.04 Å². The third-order valence-electron chi connectivity index (χ3n) is 7.26. The summed E-state index contributed by atoms with van der Waals surface area (Å²) in [5, 5.41) is 2.34. The van der Waals surface area contributed by atoms with Crippen LogP contribution < -0.4 is 20.9 Å². The summed E-state index contributed by atoms with van der Waals surface area (Å²) >= 11 is 0. The van der Waals surface area contributed by atoms with Gasteiger partial charge in [0, 0.05) is 77.4 Å². The molecule has 3 heterocycles. The van der Waals surface area contributed by atoms with E-state index in [9.17, 15) is 14.4 Å². The third-order valence-corrected chi connectivity index (χ3v) is 7.26. The number of hydrogen-bond acceptors (Lipinski definition) is 7. The van der Waals surface area contributed by atoms with Gasteiger partial charge in [-0.1, -0.05) is 0 Å². The number of likely N-dealkylation sites (tertiary alicyclic amines) is 1. The number of likely N-dealkylation sites (N-methyl/N-ethyl adjacent to an activating group) is 1. The van der Waals surface area contributed by atoms with Crippen molar-refractivity contribution in [2.75, 3.05) is 62.7 Å². The van der Waals surface area contributed by atoms with Gasteiger partial charge in [-0.3, -0.25) is 24.6 Å². The zero-order valence-corrected chi connectivity index (χ0v) is 19.8. The molecule has 3 amide bonds.